The lowest BCUT2D eigenvalue weighted by molar-refractivity contribution is 0.563. The van der Waals surface area contributed by atoms with E-state index in [2.05, 4.69) is 0 Å². The number of nitrogen functional groups attached to an aromatic ring is 1. The Kier molecular flexibility index (Phi) is 1.49. The van der Waals surface area contributed by atoms with Crippen molar-refractivity contribution < 1.29 is 4.79 Å². The summed E-state index contributed by atoms with van der Waals surface area (Å²) in [5.74, 6) is 0. The third-order valence-electron chi connectivity index (χ3n) is 1.07. The van der Waals surface area contributed by atoms with Gasteiger partial charge >= 0.3 is 0 Å². The van der Waals surface area contributed by atoms with Crippen molar-refractivity contribution in [2.75, 3.05) is 5.73 Å². The van der Waals surface area contributed by atoms with Gasteiger partial charge in [0.25, 0.3) is 0 Å². The molecule has 0 fully saturated rings. The number of anilines is 1. The van der Waals surface area contributed by atoms with Crippen molar-refractivity contribution in [3.8, 4) is 0 Å². The highest BCUT2D eigenvalue weighted by atomic mass is 16.1. The summed E-state index contributed by atoms with van der Waals surface area (Å²) in [6, 6.07) is 6.81. The second-order valence-electron chi connectivity index (χ2n) is 1.69. The minimum atomic E-state index is 0.428. The average Bonchev–Trinajstić information content (AvgIpc) is 1.89. The summed E-state index contributed by atoms with van der Waals surface area (Å²) in [4.78, 5) is 10.0. The first kappa shape index (κ1) is 5.82. The van der Waals surface area contributed by atoms with Crippen molar-refractivity contribution >= 4 is 12.0 Å². The minimum Gasteiger partial charge on any atom is -0.398 e. The molecule has 0 aromatic heterocycles. The normalized spacial score (nSPS) is 8.89. The molecule has 2 heteroatoms. The van der Waals surface area contributed by atoms with Crippen molar-refractivity contribution in [3.05, 3.63) is 29.8 Å². The molecule has 0 aliphatic rings. The molecule has 1 radical (unpaired) electrons. The number of para-hydroxylation sites is 1. The smallest absolute Gasteiger partial charge is 0.235 e. The minimum absolute atomic E-state index is 0.428. The molecular weight excluding hydrogens is 114 g/mol. The lowest BCUT2D eigenvalue weighted by atomic mass is 10.2. The van der Waals surface area contributed by atoms with Gasteiger partial charge in [-0.05, 0) is 12.1 Å². The molecule has 9 heavy (non-hydrogen) atoms. The van der Waals surface area contributed by atoms with E-state index in [4.69, 9.17) is 5.73 Å². The van der Waals surface area contributed by atoms with Crippen molar-refractivity contribution in [1.29, 1.82) is 0 Å². The molecule has 2 N–H and O–H groups in total. The van der Waals surface area contributed by atoms with Crippen molar-refractivity contribution in [2.24, 2.45) is 0 Å². The first-order chi connectivity index (χ1) is 4.34. The molecule has 0 heterocycles. The van der Waals surface area contributed by atoms with Crippen LogP contribution in [0.15, 0.2) is 24.3 Å². The molecule has 0 aliphatic carbocycles. The van der Waals surface area contributed by atoms with E-state index >= 15 is 0 Å². The van der Waals surface area contributed by atoms with E-state index in [1.807, 2.05) is 0 Å². The Balaban J connectivity index is 3.15. The van der Waals surface area contributed by atoms with Gasteiger partial charge in [0, 0.05) is 11.3 Å². The number of carbonyl (C=O) groups excluding carboxylic acids is 1. The van der Waals surface area contributed by atoms with Crippen molar-refractivity contribution in [1.82, 2.24) is 0 Å². The van der Waals surface area contributed by atoms with Gasteiger partial charge in [-0.2, -0.15) is 0 Å². The lowest BCUT2D eigenvalue weighted by Gasteiger charge is -1.91. The van der Waals surface area contributed by atoms with Gasteiger partial charge in [0.2, 0.25) is 6.29 Å². The van der Waals surface area contributed by atoms with E-state index in [9.17, 15) is 4.79 Å². The van der Waals surface area contributed by atoms with Crippen LogP contribution in [0.2, 0.25) is 0 Å². The van der Waals surface area contributed by atoms with Gasteiger partial charge in [-0.1, -0.05) is 12.1 Å². The van der Waals surface area contributed by atoms with Crippen LogP contribution in [0.1, 0.15) is 5.56 Å². The Morgan fingerprint density at radius 1 is 1.33 bits per heavy atom. The monoisotopic (exact) mass is 120 g/mol. The predicted octanol–water partition coefficient (Wildman–Crippen LogP) is 0.727. The van der Waals surface area contributed by atoms with Gasteiger partial charge in [0.05, 0.1) is 0 Å². The van der Waals surface area contributed by atoms with Crippen LogP contribution in [-0.4, -0.2) is 6.29 Å². The Morgan fingerprint density at radius 2 is 2.00 bits per heavy atom. The van der Waals surface area contributed by atoms with Crippen LogP contribution in [0, 0.1) is 0 Å². The van der Waals surface area contributed by atoms with Crippen LogP contribution in [0.4, 0.5) is 5.69 Å². The second kappa shape index (κ2) is 2.31. The summed E-state index contributed by atoms with van der Waals surface area (Å²) in [6.07, 6.45) is 1.72. The first-order valence-corrected chi connectivity index (χ1v) is 2.57. The Bertz CT molecular complexity index is 220. The number of benzene rings is 1. The quantitative estimate of drug-likeness (QED) is 0.555. The molecule has 0 unspecified atom stereocenters. The summed E-state index contributed by atoms with van der Waals surface area (Å²) >= 11 is 0. The zero-order valence-electron chi connectivity index (χ0n) is 4.79. The molecule has 1 aromatic carbocycles. The van der Waals surface area contributed by atoms with E-state index in [0.717, 1.165) is 0 Å². The molecule has 0 saturated carbocycles. The number of hydrogen-bond acceptors (Lipinski definition) is 2. The maximum Gasteiger partial charge on any atom is 0.235 e. The fraction of sp³-hybridized carbons (Fsp3) is 0. The largest absolute Gasteiger partial charge is 0.398 e. The summed E-state index contributed by atoms with van der Waals surface area (Å²) in [5.41, 5.74) is 6.28. The lowest BCUT2D eigenvalue weighted by Crippen LogP contribution is -1.90. The Hall–Kier alpha value is -1.31. The predicted molar refractivity (Wildman–Crippen MR) is 35.6 cm³/mol. The number of hydrogen-bond donors (Lipinski definition) is 1. The van der Waals surface area contributed by atoms with Crippen LogP contribution < -0.4 is 5.73 Å². The summed E-state index contributed by atoms with van der Waals surface area (Å²) in [5, 5.41) is 0. The van der Waals surface area contributed by atoms with E-state index in [-0.39, 0.29) is 0 Å². The number of nitrogens with two attached hydrogens (primary N) is 1. The van der Waals surface area contributed by atoms with Gasteiger partial charge in [-0.15, -0.1) is 0 Å². The molecule has 0 saturated heterocycles. The maximum atomic E-state index is 10.0. The van der Waals surface area contributed by atoms with Gasteiger partial charge in [0.1, 0.15) is 0 Å². The first-order valence-electron chi connectivity index (χ1n) is 2.57. The molecule has 0 aliphatic heterocycles. The molecule has 2 nitrogen and oxygen atoms in total. The van der Waals surface area contributed by atoms with Gasteiger partial charge in [-0.25, -0.2) is 0 Å². The summed E-state index contributed by atoms with van der Waals surface area (Å²) in [6.45, 7) is 0. The van der Waals surface area contributed by atoms with E-state index in [1.54, 1.807) is 30.6 Å². The standard InChI is InChI=1S/C7H6NO/c8-7-4-2-1-3-6(7)5-9/h1-4H,8H2. The third kappa shape index (κ3) is 1.08. The molecule has 1 aromatic rings. The highest BCUT2D eigenvalue weighted by Crippen LogP contribution is 2.05. The van der Waals surface area contributed by atoms with Crippen LogP contribution in [0.3, 0.4) is 0 Å². The second-order valence-corrected chi connectivity index (χ2v) is 1.69. The van der Waals surface area contributed by atoms with Crippen LogP contribution in [0.5, 0.6) is 0 Å². The van der Waals surface area contributed by atoms with E-state index in [0.29, 0.717) is 11.3 Å². The molecule has 45 valence electrons. The zero-order chi connectivity index (χ0) is 6.69. The van der Waals surface area contributed by atoms with E-state index in [1.165, 1.54) is 0 Å². The molecule has 0 bridgehead atoms. The fourth-order valence-corrected chi connectivity index (χ4v) is 0.590. The molecule has 1 rings (SSSR count). The van der Waals surface area contributed by atoms with Crippen LogP contribution in [-0.2, 0) is 4.79 Å². The fourth-order valence-electron chi connectivity index (χ4n) is 0.590. The zero-order valence-corrected chi connectivity index (χ0v) is 4.79. The van der Waals surface area contributed by atoms with Crippen LogP contribution >= 0.6 is 0 Å². The van der Waals surface area contributed by atoms with Gasteiger partial charge in [0.15, 0.2) is 0 Å². The number of rotatable bonds is 1. The Morgan fingerprint density at radius 3 is 2.44 bits per heavy atom. The topological polar surface area (TPSA) is 43.1 Å². The molecular formula is C7H6NO. The molecule has 0 spiro atoms. The maximum absolute atomic E-state index is 10.0. The van der Waals surface area contributed by atoms with Crippen molar-refractivity contribution in [2.45, 2.75) is 0 Å². The van der Waals surface area contributed by atoms with Gasteiger partial charge < -0.3 is 5.73 Å². The van der Waals surface area contributed by atoms with Gasteiger partial charge in [-0.3, -0.25) is 4.79 Å². The van der Waals surface area contributed by atoms with Crippen molar-refractivity contribution in [3.63, 3.8) is 0 Å². The third-order valence-corrected chi connectivity index (χ3v) is 1.07. The summed E-state index contributed by atoms with van der Waals surface area (Å²) in [7, 11) is 0. The van der Waals surface area contributed by atoms with Crippen LogP contribution in [0.25, 0.3) is 0 Å². The van der Waals surface area contributed by atoms with E-state index < -0.39 is 0 Å². The summed E-state index contributed by atoms with van der Waals surface area (Å²) < 4.78 is 0. The Labute approximate surface area is 53.3 Å². The molecule has 0 amide bonds. The highest BCUT2D eigenvalue weighted by Gasteiger charge is 1.92. The highest BCUT2D eigenvalue weighted by molar-refractivity contribution is 5.83. The molecule has 0 atom stereocenters. The average molecular weight is 120 g/mol. The SMILES string of the molecule is Nc1ccccc1[C]=O.